The molecule has 1 aromatic heterocycles. The van der Waals surface area contributed by atoms with Gasteiger partial charge in [0.1, 0.15) is 4.21 Å². The number of thiophene rings is 1. The summed E-state index contributed by atoms with van der Waals surface area (Å²) in [4.78, 5) is 12.1. The van der Waals surface area contributed by atoms with E-state index in [1.165, 1.54) is 5.38 Å². The highest BCUT2D eigenvalue weighted by molar-refractivity contribution is 8.15. The molecule has 1 saturated carbocycles. The molecule has 0 saturated heterocycles. The minimum atomic E-state index is -3.79. The van der Waals surface area contributed by atoms with Crippen molar-refractivity contribution in [1.82, 2.24) is 5.32 Å². The third kappa shape index (κ3) is 3.33. The largest absolute Gasteiger partial charge is 0.378 e. The molecule has 1 aliphatic carbocycles. The van der Waals surface area contributed by atoms with Crippen LogP contribution in [0, 0.1) is 6.92 Å². The van der Waals surface area contributed by atoms with E-state index in [1.807, 2.05) is 6.92 Å². The van der Waals surface area contributed by atoms with Crippen LogP contribution in [0.2, 0.25) is 0 Å². The smallest absolute Gasteiger partial charge is 0.271 e. The third-order valence-electron chi connectivity index (χ3n) is 3.29. The van der Waals surface area contributed by atoms with Crippen LogP contribution in [0.15, 0.2) is 9.59 Å². The van der Waals surface area contributed by atoms with Crippen molar-refractivity contribution in [3.63, 3.8) is 0 Å². The van der Waals surface area contributed by atoms with Crippen LogP contribution in [0.3, 0.4) is 0 Å². The number of rotatable bonds is 5. The summed E-state index contributed by atoms with van der Waals surface area (Å²) in [5.74, 6) is -0.259. The highest BCUT2D eigenvalue weighted by Crippen LogP contribution is 2.30. The third-order valence-corrected chi connectivity index (χ3v) is 6.60. The normalized spacial score (nSPS) is 22.4. The summed E-state index contributed by atoms with van der Waals surface area (Å²) >= 11 is 0.967. The van der Waals surface area contributed by atoms with Crippen LogP contribution >= 0.6 is 22.0 Å². The maximum absolute atomic E-state index is 12.1. The zero-order valence-electron chi connectivity index (χ0n) is 11.2. The summed E-state index contributed by atoms with van der Waals surface area (Å²) < 4.78 is 28.1. The van der Waals surface area contributed by atoms with Gasteiger partial charge in [-0.25, -0.2) is 8.42 Å². The monoisotopic (exact) mass is 337 g/mol. The lowest BCUT2D eigenvalue weighted by Crippen LogP contribution is -2.47. The number of nitrogens with one attached hydrogen (secondary N) is 1. The molecule has 0 radical (unpaired) electrons. The Balaban J connectivity index is 1.99. The molecule has 0 aromatic carbocycles. The lowest BCUT2D eigenvalue weighted by molar-refractivity contribution is -0.00862. The van der Waals surface area contributed by atoms with Gasteiger partial charge in [0.15, 0.2) is 0 Å². The summed E-state index contributed by atoms with van der Waals surface area (Å²) in [7, 11) is 1.52. The molecule has 20 heavy (non-hydrogen) atoms. The number of carbonyl (C=O) groups excluding carboxylic acids is 1. The van der Waals surface area contributed by atoms with Gasteiger partial charge in [-0.05, 0) is 32.3 Å². The Morgan fingerprint density at radius 3 is 2.70 bits per heavy atom. The predicted octanol–water partition coefficient (Wildman–Crippen LogP) is 2.28. The van der Waals surface area contributed by atoms with Gasteiger partial charge in [-0.3, -0.25) is 4.79 Å². The Bertz CT molecular complexity index is 605. The molecule has 112 valence electrons. The quantitative estimate of drug-likeness (QED) is 0.837. The maximum atomic E-state index is 12.1. The summed E-state index contributed by atoms with van der Waals surface area (Å²) in [5, 5.41) is 4.40. The summed E-state index contributed by atoms with van der Waals surface area (Å²) in [6, 6.07) is 0.0920. The van der Waals surface area contributed by atoms with Gasteiger partial charge in [-0.1, -0.05) is 0 Å². The van der Waals surface area contributed by atoms with Crippen LogP contribution in [0.25, 0.3) is 0 Å². The lowest BCUT2D eigenvalue weighted by Gasteiger charge is -2.35. The van der Waals surface area contributed by atoms with Crippen molar-refractivity contribution >= 4 is 37.0 Å². The fourth-order valence-corrected chi connectivity index (χ4v) is 4.73. The molecule has 5 nitrogen and oxygen atoms in total. The molecule has 1 amide bonds. The van der Waals surface area contributed by atoms with Gasteiger partial charge in [-0.2, -0.15) is 0 Å². The average Bonchev–Trinajstić information content (AvgIpc) is 2.68. The van der Waals surface area contributed by atoms with E-state index < -0.39 is 9.05 Å². The van der Waals surface area contributed by atoms with Gasteiger partial charge in [0.05, 0.1) is 11.7 Å². The minimum absolute atomic E-state index is 0.0325. The molecule has 1 aromatic rings. The summed E-state index contributed by atoms with van der Waals surface area (Å²) in [6.45, 7) is 4.20. The predicted molar refractivity (Wildman–Crippen MR) is 78.0 cm³/mol. The van der Waals surface area contributed by atoms with E-state index in [0.717, 1.165) is 24.2 Å². The Morgan fingerprint density at radius 1 is 1.55 bits per heavy atom. The minimum Gasteiger partial charge on any atom is -0.378 e. The summed E-state index contributed by atoms with van der Waals surface area (Å²) in [6.07, 6.45) is 1.81. The second-order valence-electron chi connectivity index (χ2n) is 4.72. The molecule has 0 aliphatic heterocycles. The molecule has 1 N–H and O–H groups in total. The topological polar surface area (TPSA) is 72.5 Å². The standard InChI is InChI=1S/C12H16ClNO4S2/c1-3-18-9-4-8(5-9)14-11(15)10-6-19-12(7(10)2)20(13,16)17/h6,8-9H,3-5H2,1-2H3,(H,14,15). The van der Waals surface area contributed by atoms with Crippen LogP contribution < -0.4 is 5.32 Å². The van der Waals surface area contributed by atoms with Gasteiger partial charge < -0.3 is 10.1 Å². The van der Waals surface area contributed by atoms with Gasteiger partial charge in [-0.15, -0.1) is 11.3 Å². The molecule has 0 spiro atoms. The Hall–Kier alpha value is -0.630. The number of hydrogen-bond donors (Lipinski definition) is 1. The van der Waals surface area contributed by atoms with Crippen molar-refractivity contribution in [2.45, 2.75) is 43.0 Å². The number of hydrogen-bond acceptors (Lipinski definition) is 5. The first kappa shape index (κ1) is 15.8. The fourth-order valence-electron chi connectivity index (χ4n) is 2.18. The van der Waals surface area contributed by atoms with E-state index in [9.17, 15) is 13.2 Å². The second kappa shape index (κ2) is 6.01. The Kier molecular flexibility index (Phi) is 4.73. The summed E-state index contributed by atoms with van der Waals surface area (Å²) in [5.41, 5.74) is 0.775. The zero-order chi connectivity index (χ0) is 14.9. The van der Waals surface area contributed by atoms with Crippen LogP contribution in [0.4, 0.5) is 0 Å². The zero-order valence-corrected chi connectivity index (χ0v) is 13.6. The first-order valence-corrected chi connectivity index (χ1v) is 9.47. The molecule has 0 atom stereocenters. The molecule has 0 bridgehead atoms. The highest BCUT2D eigenvalue weighted by Gasteiger charge is 2.32. The number of carbonyl (C=O) groups is 1. The average molecular weight is 338 g/mol. The van der Waals surface area contributed by atoms with Crippen molar-refractivity contribution < 1.29 is 17.9 Å². The first-order valence-electron chi connectivity index (χ1n) is 6.28. The number of ether oxygens (including phenoxy) is 1. The van der Waals surface area contributed by atoms with E-state index in [4.69, 9.17) is 15.4 Å². The van der Waals surface area contributed by atoms with Crippen molar-refractivity contribution in [1.29, 1.82) is 0 Å². The second-order valence-corrected chi connectivity index (χ2v) is 8.36. The Labute approximate surface area is 126 Å². The van der Waals surface area contributed by atoms with Gasteiger partial charge in [0.25, 0.3) is 15.0 Å². The van der Waals surface area contributed by atoms with Gasteiger partial charge in [0, 0.05) is 28.7 Å². The molecule has 2 rings (SSSR count). The molecule has 8 heteroatoms. The van der Waals surface area contributed by atoms with Crippen molar-refractivity contribution in [3.8, 4) is 0 Å². The highest BCUT2D eigenvalue weighted by atomic mass is 35.7. The van der Waals surface area contributed by atoms with Gasteiger partial charge in [0.2, 0.25) is 0 Å². The molecule has 1 fully saturated rings. The van der Waals surface area contributed by atoms with E-state index in [2.05, 4.69) is 5.32 Å². The Morgan fingerprint density at radius 2 is 2.20 bits per heavy atom. The first-order chi connectivity index (χ1) is 9.32. The molecular weight excluding hydrogens is 322 g/mol. The number of amides is 1. The van der Waals surface area contributed by atoms with Crippen molar-refractivity contribution in [3.05, 3.63) is 16.5 Å². The SMILES string of the molecule is CCOC1CC(NC(=O)c2csc(S(=O)(=O)Cl)c2C)C1. The van der Waals surface area contributed by atoms with Crippen LogP contribution in [0.1, 0.15) is 35.7 Å². The van der Waals surface area contributed by atoms with E-state index in [-0.39, 0.29) is 22.3 Å². The van der Waals surface area contributed by atoms with Gasteiger partial charge >= 0.3 is 0 Å². The maximum Gasteiger partial charge on any atom is 0.271 e. The van der Waals surface area contributed by atoms with Crippen LogP contribution in [-0.4, -0.2) is 33.1 Å². The van der Waals surface area contributed by atoms with E-state index in [0.29, 0.717) is 17.7 Å². The molecule has 0 unspecified atom stereocenters. The van der Waals surface area contributed by atoms with Crippen LogP contribution in [-0.2, 0) is 13.8 Å². The fraction of sp³-hybridized carbons (Fsp3) is 0.583. The van der Waals surface area contributed by atoms with E-state index in [1.54, 1.807) is 6.92 Å². The lowest BCUT2D eigenvalue weighted by atomic mass is 9.89. The van der Waals surface area contributed by atoms with Crippen molar-refractivity contribution in [2.75, 3.05) is 6.61 Å². The molecule has 1 heterocycles. The molecule has 1 aliphatic rings. The van der Waals surface area contributed by atoms with E-state index >= 15 is 0 Å². The molecular formula is C12H16ClNO4S2. The van der Waals surface area contributed by atoms with Crippen LogP contribution in [0.5, 0.6) is 0 Å². The van der Waals surface area contributed by atoms with Crippen molar-refractivity contribution in [2.24, 2.45) is 0 Å². The number of halogens is 1.